The second kappa shape index (κ2) is 11.5. The Morgan fingerprint density at radius 2 is 1.81 bits per heavy atom. The first-order valence-electron chi connectivity index (χ1n) is 7.72. The molecule has 0 amide bonds. The fourth-order valence-electron chi connectivity index (χ4n) is 1.91. The van der Waals surface area contributed by atoms with Crippen LogP contribution in [0.5, 0.6) is 5.75 Å². The number of aryl methyl sites for hydroxylation is 1. The van der Waals surface area contributed by atoms with Crippen LogP contribution in [-0.4, -0.2) is 46.6 Å². The van der Waals surface area contributed by atoms with E-state index in [9.17, 15) is 0 Å². The van der Waals surface area contributed by atoms with Gasteiger partial charge in [-0.1, -0.05) is 12.1 Å². The number of nitrogens with one attached hydrogen (secondary N) is 1. The van der Waals surface area contributed by atoms with E-state index in [-0.39, 0.29) is 0 Å². The predicted molar refractivity (Wildman–Crippen MR) is 86.1 cm³/mol. The zero-order valence-corrected chi connectivity index (χ0v) is 13.6. The van der Waals surface area contributed by atoms with E-state index in [0.717, 1.165) is 38.2 Å². The summed E-state index contributed by atoms with van der Waals surface area (Å²) in [4.78, 5) is 0. The third-order valence-corrected chi connectivity index (χ3v) is 3.42. The van der Waals surface area contributed by atoms with Gasteiger partial charge in [-0.05, 0) is 50.9 Å². The summed E-state index contributed by atoms with van der Waals surface area (Å²) in [7, 11) is 3.70. The van der Waals surface area contributed by atoms with Gasteiger partial charge in [0.05, 0.1) is 6.61 Å². The van der Waals surface area contributed by atoms with Gasteiger partial charge in [-0.15, -0.1) is 0 Å². The number of rotatable bonds is 12. The summed E-state index contributed by atoms with van der Waals surface area (Å²) in [5, 5.41) is 3.25. The summed E-state index contributed by atoms with van der Waals surface area (Å²) < 4.78 is 16.0. The van der Waals surface area contributed by atoms with Crippen molar-refractivity contribution in [3.8, 4) is 5.75 Å². The van der Waals surface area contributed by atoms with Crippen molar-refractivity contribution in [2.75, 3.05) is 40.6 Å². The molecule has 1 aromatic rings. The highest BCUT2D eigenvalue weighted by molar-refractivity contribution is 5.27. The van der Waals surface area contributed by atoms with Gasteiger partial charge in [0.25, 0.3) is 0 Å². The van der Waals surface area contributed by atoms with E-state index in [1.165, 1.54) is 5.56 Å². The molecule has 0 heterocycles. The molecule has 1 atom stereocenters. The molecule has 0 aliphatic heterocycles. The molecule has 0 spiro atoms. The summed E-state index contributed by atoms with van der Waals surface area (Å²) in [6.45, 7) is 4.87. The van der Waals surface area contributed by atoms with Gasteiger partial charge in [-0.3, -0.25) is 0 Å². The maximum absolute atomic E-state index is 5.65. The molecule has 0 aliphatic carbocycles. The molecule has 1 N–H and O–H groups in total. The van der Waals surface area contributed by atoms with E-state index in [0.29, 0.717) is 19.3 Å². The largest absolute Gasteiger partial charge is 0.491 e. The molecular formula is C17H29NO3. The van der Waals surface area contributed by atoms with Crippen molar-refractivity contribution in [1.29, 1.82) is 0 Å². The highest BCUT2D eigenvalue weighted by Crippen LogP contribution is 2.13. The molecule has 4 heteroatoms. The topological polar surface area (TPSA) is 39.7 Å². The Bertz CT molecular complexity index is 354. The first kappa shape index (κ1) is 18.0. The second-order valence-corrected chi connectivity index (χ2v) is 5.18. The van der Waals surface area contributed by atoms with Crippen LogP contribution in [0.4, 0.5) is 0 Å². The lowest BCUT2D eigenvalue weighted by molar-refractivity contribution is 0.0806. The first-order chi connectivity index (χ1) is 10.3. The average Bonchev–Trinajstić information content (AvgIpc) is 2.52. The number of hydrogen-bond donors (Lipinski definition) is 1. The summed E-state index contributed by atoms with van der Waals surface area (Å²) in [6, 6.07) is 8.89. The highest BCUT2D eigenvalue weighted by Gasteiger charge is 2.00. The lowest BCUT2D eigenvalue weighted by atomic mass is 10.1. The molecule has 21 heavy (non-hydrogen) atoms. The second-order valence-electron chi connectivity index (χ2n) is 5.18. The number of hydrogen-bond acceptors (Lipinski definition) is 4. The van der Waals surface area contributed by atoms with Crippen molar-refractivity contribution in [1.82, 2.24) is 5.32 Å². The lowest BCUT2D eigenvalue weighted by Gasteiger charge is -2.10. The summed E-state index contributed by atoms with van der Waals surface area (Å²) in [6.07, 6.45) is 3.16. The van der Waals surface area contributed by atoms with Crippen LogP contribution in [0.3, 0.4) is 0 Å². The Labute approximate surface area is 128 Å². The third kappa shape index (κ3) is 8.71. The van der Waals surface area contributed by atoms with Crippen LogP contribution in [0.1, 0.15) is 25.3 Å². The summed E-state index contributed by atoms with van der Waals surface area (Å²) in [5.41, 5.74) is 1.35. The van der Waals surface area contributed by atoms with E-state index in [1.807, 2.05) is 19.2 Å². The smallest absolute Gasteiger partial charge is 0.119 e. The molecular weight excluding hydrogens is 266 g/mol. The Hall–Kier alpha value is -1.10. The van der Waals surface area contributed by atoms with Crippen molar-refractivity contribution >= 4 is 0 Å². The maximum Gasteiger partial charge on any atom is 0.119 e. The van der Waals surface area contributed by atoms with Gasteiger partial charge in [0.2, 0.25) is 0 Å². The molecule has 0 radical (unpaired) electrons. The van der Waals surface area contributed by atoms with Gasteiger partial charge in [-0.25, -0.2) is 0 Å². The Morgan fingerprint density at radius 1 is 1.05 bits per heavy atom. The van der Waals surface area contributed by atoms with E-state index in [2.05, 4.69) is 24.4 Å². The quantitative estimate of drug-likeness (QED) is 0.602. The fourth-order valence-corrected chi connectivity index (χ4v) is 1.91. The summed E-state index contributed by atoms with van der Waals surface area (Å²) in [5.74, 6) is 0.904. The third-order valence-electron chi connectivity index (χ3n) is 3.42. The Balaban J connectivity index is 2.13. The van der Waals surface area contributed by atoms with Gasteiger partial charge in [0.1, 0.15) is 12.4 Å². The monoisotopic (exact) mass is 295 g/mol. The van der Waals surface area contributed by atoms with Crippen LogP contribution >= 0.6 is 0 Å². The number of methoxy groups -OCH3 is 1. The molecule has 4 nitrogen and oxygen atoms in total. The van der Waals surface area contributed by atoms with Crippen molar-refractivity contribution in [3.05, 3.63) is 29.8 Å². The lowest BCUT2D eigenvalue weighted by Crippen LogP contribution is -2.21. The minimum atomic E-state index is 0.552. The minimum Gasteiger partial charge on any atom is -0.491 e. The van der Waals surface area contributed by atoms with E-state index < -0.39 is 0 Å². The maximum atomic E-state index is 5.65. The van der Waals surface area contributed by atoms with E-state index in [1.54, 1.807) is 7.11 Å². The molecule has 120 valence electrons. The van der Waals surface area contributed by atoms with Crippen molar-refractivity contribution < 1.29 is 14.2 Å². The Kier molecular flexibility index (Phi) is 9.87. The molecule has 0 saturated heterocycles. The minimum absolute atomic E-state index is 0.552. The van der Waals surface area contributed by atoms with Gasteiger partial charge >= 0.3 is 0 Å². The van der Waals surface area contributed by atoms with Gasteiger partial charge in [0, 0.05) is 26.4 Å². The van der Waals surface area contributed by atoms with Crippen molar-refractivity contribution in [3.63, 3.8) is 0 Å². The van der Waals surface area contributed by atoms with Crippen molar-refractivity contribution in [2.45, 2.75) is 32.2 Å². The van der Waals surface area contributed by atoms with Crippen LogP contribution in [0, 0.1) is 0 Å². The Morgan fingerprint density at radius 3 is 2.48 bits per heavy atom. The molecule has 0 fully saturated rings. The number of benzene rings is 1. The van der Waals surface area contributed by atoms with E-state index >= 15 is 0 Å². The molecule has 0 saturated carbocycles. The zero-order valence-electron chi connectivity index (χ0n) is 13.6. The fraction of sp³-hybridized carbons (Fsp3) is 0.647. The SMILES string of the molecule is CNC(C)CCc1ccc(OCCOCCCOC)cc1. The molecule has 1 rings (SSSR count). The van der Waals surface area contributed by atoms with Crippen LogP contribution < -0.4 is 10.1 Å². The zero-order chi connectivity index (χ0) is 15.3. The molecule has 0 bridgehead atoms. The van der Waals surface area contributed by atoms with Crippen LogP contribution in [0.15, 0.2) is 24.3 Å². The van der Waals surface area contributed by atoms with Gasteiger partial charge in [-0.2, -0.15) is 0 Å². The normalized spacial score (nSPS) is 12.3. The number of ether oxygens (including phenoxy) is 3. The predicted octanol–water partition coefficient (Wildman–Crippen LogP) is 2.66. The van der Waals surface area contributed by atoms with Gasteiger partial charge < -0.3 is 19.5 Å². The van der Waals surface area contributed by atoms with Crippen LogP contribution in [0.25, 0.3) is 0 Å². The molecule has 0 aromatic heterocycles. The van der Waals surface area contributed by atoms with Crippen LogP contribution in [-0.2, 0) is 15.9 Å². The van der Waals surface area contributed by atoms with Crippen molar-refractivity contribution in [2.24, 2.45) is 0 Å². The standard InChI is InChI=1S/C17H29NO3/c1-15(18-2)5-6-16-7-9-17(10-8-16)21-14-13-20-12-4-11-19-3/h7-10,15,18H,4-6,11-14H2,1-3H3. The van der Waals surface area contributed by atoms with Gasteiger partial charge in [0.15, 0.2) is 0 Å². The average molecular weight is 295 g/mol. The first-order valence-corrected chi connectivity index (χ1v) is 7.72. The van der Waals surface area contributed by atoms with Crippen LogP contribution in [0.2, 0.25) is 0 Å². The van der Waals surface area contributed by atoms with E-state index in [4.69, 9.17) is 14.2 Å². The molecule has 0 aliphatic rings. The molecule has 1 aromatic carbocycles. The summed E-state index contributed by atoms with van der Waals surface area (Å²) >= 11 is 0. The molecule has 1 unspecified atom stereocenters. The highest BCUT2D eigenvalue weighted by atomic mass is 16.5.